The zero-order valence-electron chi connectivity index (χ0n) is 8.17. The summed E-state index contributed by atoms with van der Waals surface area (Å²) in [4.78, 5) is 0.140. The first-order chi connectivity index (χ1) is 7.02. The van der Waals surface area contributed by atoms with E-state index in [2.05, 4.69) is 5.10 Å². The maximum absolute atomic E-state index is 11.4. The number of hydrogen-bond donors (Lipinski definition) is 2. The molecule has 2 rings (SSSR count). The molecule has 0 aromatic carbocycles. The van der Waals surface area contributed by atoms with Gasteiger partial charge in [0, 0.05) is 7.11 Å². The molecule has 1 aliphatic rings. The van der Waals surface area contributed by atoms with Crippen LogP contribution in [-0.4, -0.2) is 33.8 Å². The fraction of sp³-hybridized carbons (Fsp3) is 0.571. The van der Waals surface area contributed by atoms with Gasteiger partial charge in [0.1, 0.15) is 20.9 Å². The molecule has 1 aliphatic heterocycles. The number of nitrogens with two attached hydrogens (primary N) is 1. The summed E-state index contributed by atoms with van der Waals surface area (Å²) in [6.45, 7) is 0.950. The van der Waals surface area contributed by atoms with Crippen LogP contribution in [0.1, 0.15) is 0 Å². The largest absolute Gasteiger partial charge is 0.469 e. The standard InChI is InChI=1S/C7H12N4O3S/c1-13-4-5-3-11-7(14-5)6(2-10-11)15(8,9)12/h2,5H,3-4H2,1H3,(H3,8,9,12). The van der Waals surface area contributed by atoms with E-state index in [4.69, 9.17) is 19.4 Å². The molecule has 0 fully saturated rings. The number of rotatable bonds is 3. The predicted octanol–water partition coefficient (Wildman–Crippen LogP) is -0.430. The van der Waals surface area contributed by atoms with Crippen molar-refractivity contribution in [1.82, 2.24) is 9.78 Å². The second-order valence-corrected chi connectivity index (χ2v) is 4.93. The van der Waals surface area contributed by atoms with Crippen LogP contribution in [0.15, 0.2) is 11.1 Å². The molecular weight excluding hydrogens is 220 g/mol. The molecule has 3 N–H and O–H groups in total. The molecule has 2 atom stereocenters. The molecule has 0 aliphatic carbocycles. The van der Waals surface area contributed by atoms with Crippen LogP contribution >= 0.6 is 0 Å². The molecule has 2 heterocycles. The summed E-state index contributed by atoms with van der Waals surface area (Å²) >= 11 is 0. The quantitative estimate of drug-likeness (QED) is 0.737. The Labute approximate surface area is 87.3 Å². The lowest BCUT2D eigenvalue weighted by Crippen LogP contribution is -2.21. The van der Waals surface area contributed by atoms with E-state index in [1.807, 2.05) is 0 Å². The highest BCUT2D eigenvalue weighted by molar-refractivity contribution is 7.90. The Morgan fingerprint density at radius 1 is 1.93 bits per heavy atom. The molecule has 7 nitrogen and oxygen atoms in total. The summed E-state index contributed by atoms with van der Waals surface area (Å²) in [5.41, 5.74) is 0. The minimum absolute atomic E-state index is 0.140. The minimum Gasteiger partial charge on any atom is -0.469 e. The summed E-state index contributed by atoms with van der Waals surface area (Å²) in [5.74, 6) is 0.319. The monoisotopic (exact) mass is 232 g/mol. The highest BCUT2D eigenvalue weighted by Gasteiger charge is 2.29. The normalized spacial score (nSPS) is 23.2. The topological polar surface area (TPSA) is 103 Å². The maximum atomic E-state index is 11.4. The fourth-order valence-electron chi connectivity index (χ4n) is 1.47. The molecule has 0 spiro atoms. The van der Waals surface area contributed by atoms with Gasteiger partial charge in [0.25, 0.3) is 0 Å². The lowest BCUT2D eigenvalue weighted by molar-refractivity contribution is 0.0920. The lowest BCUT2D eigenvalue weighted by atomic mass is 10.4. The van der Waals surface area contributed by atoms with Crippen molar-refractivity contribution in [2.45, 2.75) is 17.5 Å². The van der Waals surface area contributed by atoms with Crippen LogP contribution in [-0.2, 0) is 21.2 Å². The first-order valence-corrected chi connectivity index (χ1v) is 5.92. The Morgan fingerprint density at radius 3 is 3.27 bits per heavy atom. The molecule has 0 radical (unpaired) electrons. The van der Waals surface area contributed by atoms with E-state index in [9.17, 15) is 4.21 Å². The van der Waals surface area contributed by atoms with Crippen LogP contribution in [0, 0.1) is 4.78 Å². The van der Waals surface area contributed by atoms with Crippen molar-refractivity contribution in [2.75, 3.05) is 13.7 Å². The highest BCUT2D eigenvalue weighted by atomic mass is 32.2. The molecule has 1 aromatic heterocycles. The van der Waals surface area contributed by atoms with Gasteiger partial charge in [0.05, 0.1) is 19.3 Å². The summed E-state index contributed by atoms with van der Waals surface area (Å²) in [6, 6.07) is 0. The highest BCUT2D eigenvalue weighted by Crippen LogP contribution is 2.28. The Bertz CT molecular complexity index is 467. The number of ether oxygens (including phenoxy) is 2. The van der Waals surface area contributed by atoms with Crippen molar-refractivity contribution in [1.29, 1.82) is 4.78 Å². The molecule has 2 unspecified atom stereocenters. The molecule has 15 heavy (non-hydrogen) atoms. The second kappa shape index (κ2) is 3.47. The van der Waals surface area contributed by atoms with Gasteiger partial charge in [-0.1, -0.05) is 0 Å². The Hall–Kier alpha value is -1.12. The first-order valence-electron chi connectivity index (χ1n) is 4.30. The Kier molecular flexibility index (Phi) is 2.41. The zero-order valence-corrected chi connectivity index (χ0v) is 8.99. The molecule has 8 heteroatoms. The number of hydrogen-bond acceptors (Lipinski definition) is 5. The van der Waals surface area contributed by atoms with Crippen LogP contribution in [0.5, 0.6) is 5.88 Å². The summed E-state index contributed by atoms with van der Waals surface area (Å²) in [6.07, 6.45) is 1.16. The van der Waals surface area contributed by atoms with Crippen LogP contribution in [0.3, 0.4) is 0 Å². The Morgan fingerprint density at radius 2 is 2.67 bits per heavy atom. The molecule has 1 aromatic rings. The average Bonchev–Trinajstić information content (AvgIpc) is 2.60. The smallest absolute Gasteiger partial charge is 0.231 e. The van der Waals surface area contributed by atoms with Gasteiger partial charge in [0.15, 0.2) is 0 Å². The van der Waals surface area contributed by atoms with E-state index < -0.39 is 9.92 Å². The summed E-state index contributed by atoms with van der Waals surface area (Å²) in [7, 11) is -1.70. The predicted molar refractivity (Wildman–Crippen MR) is 51.8 cm³/mol. The van der Waals surface area contributed by atoms with Crippen molar-refractivity contribution in [3.8, 4) is 5.88 Å². The summed E-state index contributed by atoms with van der Waals surface area (Å²) in [5, 5.41) is 9.18. The van der Waals surface area contributed by atoms with Crippen molar-refractivity contribution >= 4 is 9.92 Å². The van der Waals surface area contributed by atoms with Crippen molar-refractivity contribution in [3.63, 3.8) is 0 Å². The van der Waals surface area contributed by atoms with E-state index in [0.717, 1.165) is 0 Å². The Balaban J connectivity index is 2.29. The van der Waals surface area contributed by atoms with Crippen molar-refractivity contribution in [2.24, 2.45) is 5.14 Å². The van der Waals surface area contributed by atoms with E-state index in [-0.39, 0.29) is 11.0 Å². The molecular formula is C7H12N4O3S. The third-order valence-electron chi connectivity index (χ3n) is 2.09. The molecule has 0 amide bonds. The summed E-state index contributed by atoms with van der Waals surface area (Å²) < 4.78 is 30.5. The molecule has 0 saturated carbocycles. The number of nitrogens with one attached hydrogen (secondary N) is 1. The third-order valence-corrected chi connectivity index (χ3v) is 3.03. The van der Waals surface area contributed by atoms with Crippen LogP contribution < -0.4 is 9.88 Å². The van der Waals surface area contributed by atoms with Gasteiger partial charge >= 0.3 is 0 Å². The van der Waals surface area contributed by atoms with Gasteiger partial charge in [-0.3, -0.25) is 0 Å². The van der Waals surface area contributed by atoms with E-state index in [0.29, 0.717) is 19.0 Å². The van der Waals surface area contributed by atoms with E-state index >= 15 is 0 Å². The number of aromatic nitrogens is 2. The lowest BCUT2D eigenvalue weighted by Gasteiger charge is -2.08. The van der Waals surface area contributed by atoms with Crippen LogP contribution in [0.2, 0.25) is 0 Å². The van der Waals surface area contributed by atoms with Gasteiger partial charge < -0.3 is 9.47 Å². The van der Waals surface area contributed by atoms with Gasteiger partial charge in [0.2, 0.25) is 5.88 Å². The minimum atomic E-state index is -3.27. The molecule has 0 saturated heterocycles. The second-order valence-electron chi connectivity index (χ2n) is 3.29. The zero-order chi connectivity index (χ0) is 11.1. The van der Waals surface area contributed by atoms with Crippen LogP contribution in [0.25, 0.3) is 0 Å². The number of methoxy groups -OCH3 is 1. The molecule has 0 bridgehead atoms. The average molecular weight is 232 g/mol. The third kappa shape index (κ3) is 1.83. The molecule has 84 valence electrons. The fourth-order valence-corrected chi connectivity index (χ4v) is 2.09. The van der Waals surface area contributed by atoms with Gasteiger partial charge in [-0.05, 0) is 0 Å². The van der Waals surface area contributed by atoms with Gasteiger partial charge in [-0.2, -0.15) is 5.10 Å². The van der Waals surface area contributed by atoms with Crippen molar-refractivity contribution in [3.05, 3.63) is 6.20 Å². The van der Waals surface area contributed by atoms with Crippen molar-refractivity contribution < 1.29 is 13.7 Å². The number of fused-ring (bicyclic) bond motifs is 1. The first kappa shape index (κ1) is 10.4. The van der Waals surface area contributed by atoms with Crippen LogP contribution in [0.4, 0.5) is 0 Å². The van der Waals surface area contributed by atoms with E-state index in [1.54, 1.807) is 11.8 Å². The number of nitrogens with zero attached hydrogens (tertiary/aromatic N) is 2. The maximum Gasteiger partial charge on any atom is 0.231 e. The van der Waals surface area contributed by atoms with Gasteiger partial charge in [-0.15, -0.1) is 0 Å². The van der Waals surface area contributed by atoms with E-state index in [1.165, 1.54) is 6.20 Å². The van der Waals surface area contributed by atoms with Gasteiger partial charge in [-0.25, -0.2) is 18.8 Å². The SMILES string of the molecule is COCC1Cn2ncc(S(=N)(N)=O)c2O1.